The van der Waals surface area contributed by atoms with E-state index < -0.39 is 5.79 Å². The third kappa shape index (κ3) is 5.04. The van der Waals surface area contributed by atoms with Crippen LogP contribution in [0.3, 0.4) is 0 Å². The van der Waals surface area contributed by atoms with Gasteiger partial charge in [0.1, 0.15) is 0 Å². The number of aryl methyl sites for hydroxylation is 1. The first kappa shape index (κ1) is 26.6. The first-order valence-electron chi connectivity index (χ1n) is 12.9. The number of aromatic amines is 1. The smallest absolute Gasteiger partial charge is 0.254 e. The molecule has 1 fully saturated rings. The molecule has 1 amide bonds. The molecule has 2 aliphatic rings. The van der Waals surface area contributed by atoms with Crippen molar-refractivity contribution in [2.45, 2.75) is 69.6 Å². The van der Waals surface area contributed by atoms with Gasteiger partial charge in [0.15, 0.2) is 11.5 Å². The van der Waals surface area contributed by atoms with Gasteiger partial charge in [-0.05, 0) is 70.1 Å². The van der Waals surface area contributed by atoms with E-state index in [2.05, 4.69) is 21.4 Å². The highest BCUT2D eigenvalue weighted by Gasteiger charge is 2.47. The lowest BCUT2D eigenvalue weighted by atomic mass is 9.77. The molecule has 38 heavy (non-hydrogen) atoms. The lowest BCUT2D eigenvalue weighted by molar-refractivity contribution is -0.121. The number of hydrogen-bond acceptors (Lipinski definition) is 6. The summed E-state index contributed by atoms with van der Waals surface area (Å²) in [5.41, 5.74) is 3.30. The van der Waals surface area contributed by atoms with Crippen molar-refractivity contribution >= 4 is 29.3 Å². The van der Waals surface area contributed by atoms with E-state index in [0.29, 0.717) is 39.1 Å². The molecule has 1 saturated carbocycles. The van der Waals surface area contributed by atoms with Crippen molar-refractivity contribution in [3.63, 3.8) is 0 Å². The first-order valence-corrected chi connectivity index (χ1v) is 14.5. The highest BCUT2D eigenvalue weighted by molar-refractivity contribution is 7.98. The monoisotopic (exact) mass is 553 g/mol. The molecule has 1 aromatic carbocycles. The van der Waals surface area contributed by atoms with Crippen molar-refractivity contribution in [3.8, 4) is 11.5 Å². The number of carbonyl (C=O) groups excluding carboxylic acids is 1. The lowest BCUT2D eigenvalue weighted by Crippen LogP contribution is -2.44. The van der Waals surface area contributed by atoms with E-state index in [1.54, 1.807) is 6.07 Å². The number of hydrogen-bond donors (Lipinski definition) is 2. The SMILES string of the molecule is CSc1cc(C)[nH]c(=O)c1CNC(=O)c1cc(Cl)c2c(c1C)OC(C)(C1CCC(c3ccccn3)CC1)O2. The minimum absolute atomic E-state index is 0.105. The zero-order chi connectivity index (χ0) is 27.0. The second-order valence-electron chi connectivity index (χ2n) is 10.2. The summed E-state index contributed by atoms with van der Waals surface area (Å²) < 4.78 is 12.8. The van der Waals surface area contributed by atoms with Gasteiger partial charge in [0, 0.05) is 64.5 Å². The summed E-state index contributed by atoms with van der Waals surface area (Å²) in [7, 11) is 0. The van der Waals surface area contributed by atoms with Crippen LogP contribution in [-0.2, 0) is 6.54 Å². The molecule has 0 bridgehead atoms. The third-order valence-electron chi connectivity index (χ3n) is 7.74. The van der Waals surface area contributed by atoms with E-state index >= 15 is 0 Å². The van der Waals surface area contributed by atoms with Crippen LogP contribution in [0.15, 0.2) is 46.2 Å². The van der Waals surface area contributed by atoms with Gasteiger partial charge in [0.2, 0.25) is 0 Å². The summed E-state index contributed by atoms with van der Waals surface area (Å²) in [6.07, 6.45) is 7.66. The predicted molar refractivity (Wildman–Crippen MR) is 150 cm³/mol. The van der Waals surface area contributed by atoms with Gasteiger partial charge in [-0.2, -0.15) is 0 Å². The molecule has 0 spiro atoms. The van der Waals surface area contributed by atoms with Crippen molar-refractivity contribution in [2.75, 3.05) is 6.26 Å². The van der Waals surface area contributed by atoms with Gasteiger partial charge >= 0.3 is 0 Å². The molecule has 2 aromatic heterocycles. The molecule has 200 valence electrons. The molecule has 5 rings (SSSR count). The Balaban J connectivity index is 1.31. The molecule has 1 atom stereocenters. The molecule has 0 saturated heterocycles. The predicted octanol–water partition coefficient (Wildman–Crippen LogP) is 6.15. The standard InChI is InChI=1S/C29H32ClN3O4S/c1-16-13-24(38-4)21(28(35)33-16)15-32-27(34)20-14-22(30)26-25(17(20)2)36-29(3,37-26)19-10-8-18(9-11-19)23-7-5-6-12-31-23/h5-7,12-14,18-19H,8-11,15H2,1-4H3,(H,32,34)(H,33,35). The van der Waals surface area contributed by atoms with Crippen molar-refractivity contribution < 1.29 is 14.3 Å². The van der Waals surface area contributed by atoms with E-state index in [9.17, 15) is 9.59 Å². The number of fused-ring (bicyclic) bond motifs is 1. The zero-order valence-corrected chi connectivity index (χ0v) is 23.6. The number of ether oxygens (including phenoxy) is 2. The van der Waals surface area contributed by atoms with E-state index in [1.807, 2.05) is 51.4 Å². The number of pyridine rings is 2. The quantitative estimate of drug-likeness (QED) is 0.355. The Morgan fingerprint density at radius 2 is 1.92 bits per heavy atom. The van der Waals surface area contributed by atoms with Gasteiger partial charge in [0.05, 0.1) is 5.02 Å². The molecule has 7 nitrogen and oxygen atoms in total. The fraction of sp³-hybridized carbons (Fsp3) is 0.414. The second-order valence-corrected chi connectivity index (χ2v) is 11.5. The average molecular weight is 554 g/mol. The van der Waals surface area contributed by atoms with Crippen LogP contribution in [0, 0.1) is 19.8 Å². The first-order chi connectivity index (χ1) is 18.2. The molecule has 1 unspecified atom stereocenters. The Hall–Kier alpha value is -2.97. The highest BCUT2D eigenvalue weighted by Crippen LogP contribution is 2.52. The fourth-order valence-electron chi connectivity index (χ4n) is 5.58. The molecule has 3 heterocycles. The number of nitrogens with one attached hydrogen (secondary N) is 2. The summed E-state index contributed by atoms with van der Waals surface area (Å²) in [5.74, 6) is 0.425. The van der Waals surface area contributed by atoms with Gasteiger partial charge in [-0.15, -0.1) is 11.8 Å². The highest BCUT2D eigenvalue weighted by atomic mass is 35.5. The number of aromatic nitrogens is 2. The maximum absolute atomic E-state index is 13.2. The van der Waals surface area contributed by atoms with E-state index in [4.69, 9.17) is 21.1 Å². The topological polar surface area (TPSA) is 93.3 Å². The summed E-state index contributed by atoms with van der Waals surface area (Å²) in [6.45, 7) is 5.74. The Labute approximate surface area is 231 Å². The summed E-state index contributed by atoms with van der Waals surface area (Å²) in [4.78, 5) is 33.9. The maximum atomic E-state index is 13.2. The molecule has 2 N–H and O–H groups in total. The van der Waals surface area contributed by atoms with Crippen molar-refractivity contribution in [2.24, 2.45) is 5.92 Å². The minimum atomic E-state index is -0.858. The molecule has 3 aromatic rings. The molecule has 9 heteroatoms. The van der Waals surface area contributed by atoms with Crippen LogP contribution in [0.25, 0.3) is 0 Å². The number of rotatable bonds is 6. The summed E-state index contributed by atoms with van der Waals surface area (Å²) >= 11 is 8.09. The number of halogens is 1. The van der Waals surface area contributed by atoms with E-state index in [1.165, 1.54) is 11.8 Å². The number of carbonyl (C=O) groups is 1. The number of benzene rings is 1. The van der Waals surface area contributed by atoms with Crippen LogP contribution < -0.4 is 20.3 Å². The number of thioether (sulfide) groups is 1. The summed E-state index contributed by atoms with van der Waals surface area (Å²) in [6, 6.07) is 9.60. The van der Waals surface area contributed by atoms with Gasteiger partial charge in [-0.3, -0.25) is 14.6 Å². The minimum Gasteiger partial charge on any atom is -0.448 e. The molecule has 1 aliphatic carbocycles. The van der Waals surface area contributed by atoms with Gasteiger partial charge < -0.3 is 19.8 Å². The van der Waals surface area contributed by atoms with Crippen LogP contribution in [0.4, 0.5) is 0 Å². The van der Waals surface area contributed by atoms with E-state index in [-0.39, 0.29) is 23.9 Å². The Kier molecular flexibility index (Phi) is 7.47. The normalized spacial score (nSPS) is 22.3. The van der Waals surface area contributed by atoms with Crippen molar-refractivity contribution in [3.05, 3.63) is 80.0 Å². The van der Waals surface area contributed by atoms with Crippen LogP contribution >= 0.6 is 23.4 Å². The number of H-pyrrole nitrogens is 1. The Morgan fingerprint density at radius 1 is 1.18 bits per heavy atom. The zero-order valence-electron chi connectivity index (χ0n) is 22.0. The van der Waals surface area contributed by atoms with Gasteiger partial charge in [-0.25, -0.2) is 0 Å². The largest absolute Gasteiger partial charge is 0.448 e. The summed E-state index contributed by atoms with van der Waals surface area (Å²) in [5, 5.41) is 3.21. The van der Waals surface area contributed by atoms with Gasteiger partial charge in [0.25, 0.3) is 17.3 Å². The average Bonchev–Trinajstić information content (AvgIpc) is 3.30. The second kappa shape index (κ2) is 10.7. The molecular formula is C29H32ClN3O4S. The van der Waals surface area contributed by atoms with Crippen molar-refractivity contribution in [1.29, 1.82) is 0 Å². The molecule has 1 aliphatic heterocycles. The maximum Gasteiger partial charge on any atom is 0.254 e. The van der Waals surface area contributed by atoms with E-state index in [0.717, 1.165) is 42.0 Å². The van der Waals surface area contributed by atoms with Gasteiger partial charge in [-0.1, -0.05) is 17.7 Å². The van der Waals surface area contributed by atoms with Crippen LogP contribution in [0.5, 0.6) is 11.5 Å². The van der Waals surface area contributed by atoms with Crippen LogP contribution in [0.1, 0.15) is 71.4 Å². The number of nitrogens with zero attached hydrogens (tertiary/aromatic N) is 1. The van der Waals surface area contributed by atoms with Crippen LogP contribution in [0.2, 0.25) is 5.02 Å². The molecular weight excluding hydrogens is 522 g/mol. The number of amides is 1. The third-order valence-corrected chi connectivity index (χ3v) is 8.83. The fourth-order valence-corrected chi connectivity index (χ4v) is 6.52. The van der Waals surface area contributed by atoms with Crippen LogP contribution in [-0.4, -0.2) is 27.9 Å². The lowest BCUT2D eigenvalue weighted by Gasteiger charge is -2.37. The Morgan fingerprint density at radius 3 is 2.61 bits per heavy atom. The molecule has 0 radical (unpaired) electrons. The Bertz CT molecular complexity index is 1420. The van der Waals surface area contributed by atoms with Crippen molar-refractivity contribution in [1.82, 2.24) is 15.3 Å².